The molecule has 1 amide bonds. The maximum Gasteiger partial charge on any atom is 0.239 e. The van der Waals surface area contributed by atoms with E-state index in [1.54, 1.807) is 0 Å². The number of hydrogen-bond donors (Lipinski definition) is 1. The largest absolute Gasteiger partial charge is 0.474 e. The van der Waals surface area contributed by atoms with Gasteiger partial charge in [0.15, 0.2) is 0 Å². The van der Waals surface area contributed by atoms with Gasteiger partial charge in [-0.05, 0) is 56.5 Å². The third-order valence-electron chi connectivity index (χ3n) is 4.66. The summed E-state index contributed by atoms with van der Waals surface area (Å²) in [5, 5.41) is 3.09. The third kappa shape index (κ3) is 3.92. The zero-order valence-corrected chi connectivity index (χ0v) is 15.3. The second-order valence-electron chi connectivity index (χ2n) is 6.68. The minimum atomic E-state index is -0.0246. The van der Waals surface area contributed by atoms with Gasteiger partial charge in [0.1, 0.15) is 12.3 Å². The number of aromatic nitrogens is 1. The lowest BCUT2D eigenvalue weighted by Gasteiger charge is -2.30. The van der Waals surface area contributed by atoms with Gasteiger partial charge in [-0.25, -0.2) is 4.98 Å². The second kappa shape index (κ2) is 7.13. The van der Waals surface area contributed by atoms with Crippen molar-refractivity contribution >= 4 is 11.6 Å². The van der Waals surface area contributed by atoms with Crippen LogP contribution in [0.15, 0.2) is 30.3 Å². The van der Waals surface area contributed by atoms with E-state index < -0.39 is 0 Å². The summed E-state index contributed by atoms with van der Waals surface area (Å²) in [6, 6.07) is 10.2. The number of nitrogens with zero attached hydrogens (tertiary/aromatic N) is 2. The first-order chi connectivity index (χ1) is 11.9. The lowest BCUT2D eigenvalue weighted by molar-refractivity contribution is -0.120. The van der Waals surface area contributed by atoms with Crippen LogP contribution in [0, 0.1) is 20.8 Å². The number of pyridine rings is 1. The third-order valence-corrected chi connectivity index (χ3v) is 4.66. The summed E-state index contributed by atoms with van der Waals surface area (Å²) >= 11 is 0. The van der Waals surface area contributed by atoms with Gasteiger partial charge in [-0.3, -0.25) is 4.79 Å². The number of aryl methyl sites for hydroxylation is 3. The van der Waals surface area contributed by atoms with E-state index >= 15 is 0 Å². The molecular formula is C20H25N3O2. The van der Waals surface area contributed by atoms with Gasteiger partial charge in [0.25, 0.3) is 0 Å². The maximum atomic E-state index is 12.5. The molecule has 0 aliphatic carbocycles. The summed E-state index contributed by atoms with van der Waals surface area (Å²) in [6.07, 6.45) is 0. The number of benzene rings is 1. The summed E-state index contributed by atoms with van der Waals surface area (Å²) in [4.78, 5) is 18.9. The normalized spacial score (nSPS) is 14.5. The van der Waals surface area contributed by atoms with Crippen molar-refractivity contribution in [3.8, 4) is 5.88 Å². The van der Waals surface area contributed by atoms with E-state index in [-0.39, 0.29) is 11.9 Å². The van der Waals surface area contributed by atoms with Gasteiger partial charge >= 0.3 is 0 Å². The Labute approximate surface area is 149 Å². The van der Waals surface area contributed by atoms with Gasteiger partial charge < -0.3 is 15.0 Å². The van der Waals surface area contributed by atoms with Crippen LogP contribution in [-0.4, -0.2) is 30.6 Å². The summed E-state index contributed by atoms with van der Waals surface area (Å²) < 4.78 is 5.61. The van der Waals surface area contributed by atoms with Crippen LogP contribution in [0.5, 0.6) is 5.88 Å². The van der Waals surface area contributed by atoms with Crippen LogP contribution in [0.3, 0.4) is 0 Å². The molecule has 1 aliphatic rings. The molecule has 0 radical (unpaired) electrons. The van der Waals surface area contributed by atoms with E-state index in [0.29, 0.717) is 25.6 Å². The fourth-order valence-electron chi connectivity index (χ4n) is 2.99. The van der Waals surface area contributed by atoms with Crippen molar-refractivity contribution in [3.63, 3.8) is 0 Å². The first kappa shape index (κ1) is 17.3. The van der Waals surface area contributed by atoms with Crippen LogP contribution in [0.4, 0.5) is 5.69 Å². The molecule has 25 heavy (non-hydrogen) atoms. The molecule has 0 bridgehead atoms. The molecule has 0 saturated carbocycles. The van der Waals surface area contributed by atoms with Crippen molar-refractivity contribution in [2.75, 3.05) is 24.6 Å². The molecule has 0 spiro atoms. The minimum absolute atomic E-state index is 0.000784. The minimum Gasteiger partial charge on any atom is -0.474 e. The number of carbonyl (C=O) groups is 1. The van der Waals surface area contributed by atoms with E-state index in [1.807, 2.05) is 30.9 Å². The van der Waals surface area contributed by atoms with Gasteiger partial charge in [-0.1, -0.05) is 18.2 Å². The average molecular weight is 339 g/mol. The Balaban J connectivity index is 1.66. The number of ether oxygens (including phenoxy) is 1. The monoisotopic (exact) mass is 339 g/mol. The quantitative estimate of drug-likeness (QED) is 0.930. The van der Waals surface area contributed by atoms with Crippen molar-refractivity contribution in [2.24, 2.45) is 0 Å². The molecule has 0 unspecified atom stereocenters. The van der Waals surface area contributed by atoms with E-state index in [2.05, 4.69) is 42.3 Å². The highest BCUT2D eigenvalue weighted by molar-refractivity contribution is 5.82. The van der Waals surface area contributed by atoms with Crippen LogP contribution in [0.2, 0.25) is 0 Å². The number of fused-ring (bicyclic) bond motifs is 1. The number of anilines is 1. The molecule has 2 heterocycles. The molecule has 2 aromatic rings. The molecule has 132 valence electrons. The van der Waals surface area contributed by atoms with Crippen molar-refractivity contribution in [1.29, 1.82) is 0 Å². The molecule has 0 fully saturated rings. The van der Waals surface area contributed by atoms with E-state index in [0.717, 1.165) is 16.9 Å². The molecule has 1 aromatic heterocycles. The summed E-state index contributed by atoms with van der Waals surface area (Å²) in [5.74, 6) is 0.611. The van der Waals surface area contributed by atoms with Crippen LogP contribution in [0.1, 0.15) is 35.3 Å². The number of hydrogen-bond acceptors (Lipinski definition) is 4. The Morgan fingerprint density at radius 2 is 2.04 bits per heavy atom. The van der Waals surface area contributed by atoms with Gasteiger partial charge in [0.05, 0.1) is 19.1 Å². The predicted octanol–water partition coefficient (Wildman–Crippen LogP) is 3.08. The highest BCUT2D eigenvalue weighted by atomic mass is 16.5. The molecule has 5 nitrogen and oxygen atoms in total. The first-order valence-corrected chi connectivity index (χ1v) is 8.66. The average Bonchev–Trinajstić information content (AvgIpc) is 2.57. The van der Waals surface area contributed by atoms with Crippen molar-refractivity contribution < 1.29 is 9.53 Å². The van der Waals surface area contributed by atoms with Crippen LogP contribution in [0.25, 0.3) is 0 Å². The standard InChI is InChI=1S/C20H25N3O2/c1-13-5-7-17(11-14(13)2)16(4)22-19(24)12-23-9-10-25-20-18(23)8-6-15(3)21-20/h5-8,11,16H,9-10,12H2,1-4H3,(H,22,24)/t16-/m1/s1. The highest BCUT2D eigenvalue weighted by Gasteiger charge is 2.22. The van der Waals surface area contributed by atoms with Crippen molar-refractivity contribution in [1.82, 2.24) is 10.3 Å². The summed E-state index contributed by atoms with van der Waals surface area (Å²) in [5.41, 5.74) is 5.41. The molecular weight excluding hydrogens is 314 g/mol. The molecule has 0 saturated heterocycles. The summed E-state index contributed by atoms with van der Waals surface area (Å²) in [6.45, 7) is 9.66. The van der Waals surface area contributed by atoms with Gasteiger partial charge in [-0.15, -0.1) is 0 Å². The SMILES string of the molecule is Cc1ccc2c(n1)OCCN2CC(=O)N[C@H](C)c1ccc(C)c(C)c1. The molecule has 1 aromatic carbocycles. The van der Waals surface area contributed by atoms with Gasteiger partial charge in [0.2, 0.25) is 11.8 Å². The van der Waals surface area contributed by atoms with E-state index in [4.69, 9.17) is 4.74 Å². The predicted molar refractivity (Wildman–Crippen MR) is 99.2 cm³/mol. The fraction of sp³-hybridized carbons (Fsp3) is 0.400. The topological polar surface area (TPSA) is 54.5 Å². The molecule has 1 atom stereocenters. The Kier molecular flexibility index (Phi) is 4.93. The lowest BCUT2D eigenvalue weighted by Crippen LogP contribution is -2.42. The number of rotatable bonds is 4. The molecule has 1 N–H and O–H groups in total. The second-order valence-corrected chi connectivity index (χ2v) is 6.68. The Morgan fingerprint density at radius 3 is 2.80 bits per heavy atom. The highest BCUT2D eigenvalue weighted by Crippen LogP contribution is 2.29. The maximum absolute atomic E-state index is 12.5. The van der Waals surface area contributed by atoms with E-state index in [1.165, 1.54) is 11.1 Å². The van der Waals surface area contributed by atoms with Gasteiger partial charge in [0, 0.05) is 5.69 Å². The summed E-state index contributed by atoms with van der Waals surface area (Å²) in [7, 11) is 0. The van der Waals surface area contributed by atoms with Crippen molar-refractivity contribution in [2.45, 2.75) is 33.7 Å². The van der Waals surface area contributed by atoms with Crippen LogP contribution < -0.4 is 15.0 Å². The van der Waals surface area contributed by atoms with Crippen molar-refractivity contribution in [3.05, 3.63) is 52.7 Å². The molecule has 1 aliphatic heterocycles. The van der Waals surface area contributed by atoms with E-state index in [9.17, 15) is 4.79 Å². The number of carbonyl (C=O) groups excluding carboxylic acids is 1. The number of amides is 1. The Morgan fingerprint density at radius 1 is 1.24 bits per heavy atom. The molecule has 3 rings (SSSR count). The van der Waals surface area contributed by atoms with Crippen LogP contribution in [-0.2, 0) is 4.79 Å². The number of nitrogens with one attached hydrogen (secondary N) is 1. The van der Waals surface area contributed by atoms with Crippen LogP contribution >= 0.6 is 0 Å². The lowest BCUT2D eigenvalue weighted by atomic mass is 10.0. The Bertz CT molecular complexity index is 789. The first-order valence-electron chi connectivity index (χ1n) is 8.66. The Hall–Kier alpha value is -2.56. The zero-order valence-electron chi connectivity index (χ0n) is 15.3. The molecule has 5 heteroatoms. The smallest absolute Gasteiger partial charge is 0.239 e. The zero-order chi connectivity index (χ0) is 18.0. The fourth-order valence-corrected chi connectivity index (χ4v) is 2.99. The van der Waals surface area contributed by atoms with Gasteiger partial charge in [-0.2, -0.15) is 0 Å².